The summed E-state index contributed by atoms with van der Waals surface area (Å²) in [6, 6.07) is 20.5. The number of benzene rings is 2. The molecule has 2 rings (SSSR count). The van der Waals surface area contributed by atoms with E-state index in [1.165, 1.54) is 5.56 Å². The third-order valence-electron chi connectivity index (χ3n) is 4.04. The van der Waals surface area contributed by atoms with E-state index in [0.717, 1.165) is 18.5 Å². The summed E-state index contributed by atoms with van der Waals surface area (Å²) in [7, 11) is 4.11. The van der Waals surface area contributed by atoms with Crippen LogP contribution in [0.3, 0.4) is 0 Å². The summed E-state index contributed by atoms with van der Waals surface area (Å²) in [5.41, 5.74) is 2.32. The number of hydrogen-bond acceptors (Lipinski definition) is 3. The van der Waals surface area contributed by atoms with Gasteiger partial charge in [-0.25, -0.2) is 0 Å². The molecule has 136 valence electrons. The fraction of sp³-hybridized carbons (Fsp3) is 0.381. The molecule has 0 aliphatic rings. The Labute approximate surface area is 157 Å². The molecule has 0 amide bonds. The van der Waals surface area contributed by atoms with E-state index in [-0.39, 0.29) is 30.4 Å². The lowest BCUT2D eigenvalue weighted by Crippen LogP contribution is -2.30. The van der Waals surface area contributed by atoms with Crippen molar-refractivity contribution in [2.24, 2.45) is 5.92 Å². The van der Waals surface area contributed by atoms with Crippen molar-refractivity contribution in [3.05, 3.63) is 71.8 Å². The standard InChI is InChI=1S/C21H27NO2.ClH/c1-4-20(23)24-21(18-13-9-6-10-14-18)19(16-22(2)3)15-17-11-7-5-8-12-17;/h5-14,19,21H,4,15-16H2,1-3H3;1H. The van der Waals surface area contributed by atoms with Crippen LogP contribution in [0, 0.1) is 5.92 Å². The maximum Gasteiger partial charge on any atom is 0.306 e. The summed E-state index contributed by atoms with van der Waals surface area (Å²) in [6.07, 6.45) is 1.03. The predicted molar refractivity (Wildman–Crippen MR) is 105 cm³/mol. The summed E-state index contributed by atoms with van der Waals surface area (Å²) in [5, 5.41) is 0. The topological polar surface area (TPSA) is 29.5 Å². The number of carbonyl (C=O) groups is 1. The molecule has 0 fully saturated rings. The molecule has 0 aliphatic carbocycles. The minimum absolute atomic E-state index is 0. The molecular formula is C21H28ClNO2. The fourth-order valence-corrected chi connectivity index (χ4v) is 2.96. The van der Waals surface area contributed by atoms with E-state index < -0.39 is 0 Å². The average molecular weight is 362 g/mol. The van der Waals surface area contributed by atoms with Crippen LogP contribution in [0.4, 0.5) is 0 Å². The number of esters is 1. The van der Waals surface area contributed by atoms with Gasteiger partial charge in [0.25, 0.3) is 0 Å². The Hall–Kier alpha value is -1.84. The van der Waals surface area contributed by atoms with Crippen LogP contribution in [0.25, 0.3) is 0 Å². The second-order valence-electron chi connectivity index (χ2n) is 6.39. The van der Waals surface area contributed by atoms with Crippen LogP contribution in [0.1, 0.15) is 30.6 Å². The molecule has 0 spiro atoms. The van der Waals surface area contributed by atoms with Crippen molar-refractivity contribution in [1.29, 1.82) is 0 Å². The van der Waals surface area contributed by atoms with E-state index in [9.17, 15) is 4.79 Å². The van der Waals surface area contributed by atoms with Crippen molar-refractivity contribution < 1.29 is 9.53 Å². The van der Waals surface area contributed by atoms with Gasteiger partial charge in [0.2, 0.25) is 0 Å². The Morgan fingerprint density at radius 2 is 1.56 bits per heavy atom. The molecule has 2 aromatic carbocycles. The number of rotatable bonds is 8. The van der Waals surface area contributed by atoms with E-state index in [2.05, 4.69) is 43.3 Å². The van der Waals surface area contributed by atoms with E-state index in [1.807, 2.05) is 43.3 Å². The quantitative estimate of drug-likeness (QED) is 0.647. The van der Waals surface area contributed by atoms with Gasteiger partial charge in [-0.05, 0) is 31.6 Å². The molecule has 2 unspecified atom stereocenters. The minimum Gasteiger partial charge on any atom is -0.457 e. The molecule has 0 aromatic heterocycles. The second-order valence-corrected chi connectivity index (χ2v) is 6.39. The molecule has 0 radical (unpaired) electrons. The molecular weight excluding hydrogens is 334 g/mol. The van der Waals surface area contributed by atoms with Gasteiger partial charge in [0.15, 0.2) is 0 Å². The molecule has 3 nitrogen and oxygen atoms in total. The minimum atomic E-state index is -0.235. The normalized spacial score (nSPS) is 13.0. The summed E-state index contributed by atoms with van der Waals surface area (Å²) in [6.45, 7) is 2.69. The van der Waals surface area contributed by atoms with Crippen molar-refractivity contribution in [2.45, 2.75) is 25.9 Å². The average Bonchev–Trinajstić information content (AvgIpc) is 2.60. The highest BCUT2D eigenvalue weighted by atomic mass is 35.5. The zero-order valence-electron chi connectivity index (χ0n) is 15.2. The number of carbonyl (C=O) groups excluding carboxylic acids is 1. The highest BCUT2D eigenvalue weighted by molar-refractivity contribution is 5.85. The van der Waals surface area contributed by atoms with Crippen LogP contribution in [-0.2, 0) is 16.0 Å². The van der Waals surface area contributed by atoms with Crippen molar-refractivity contribution in [3.63, 3.8) is 0 Å². The number of hydrogen-bond donors (Lipinski definition) is 0. The van der Waals surface area contributed by atoms with Crippen LogP contribution in [0.15, 0.2) is 60.7 Å². The van der Waals surface area contributed by atoms with Gasteiger partial charge in [0.05, 0.1) is 0 Å². The molecule has 2 atom stereocenters. The molecule has 2 aromatic rings. The van der Waals surface area contributed by atoms with E-state index >= 15 is 0 Å². The zero-order chi connectivity index (χ0) is 17.4. The van der Waals surface area contributed by atoms with Crippen molar-refractivity contribution in [3.8, 4) is 0 Å². The number of ether oxygens (including phenoxy) is 1. The third-order valence-corrected chi connectivity index (χ3v) is 4.04. The van der Waals surface area contributed by atoms with E-state index in [0.29, 0.717) is 6.42 Å². The summed E-state index contributed by atoms with van der Waals surface area (Å²) in [5.74, 6) is 0.0426. The van der Waals surface area contributed by atoms with Crippen LogP contribution >= 0.6 is 12.4 Å². The maximum absolute atomic E-state index is 12.0. The summed E-state index contributed by atoms with van der Waals surface area (Å²) in [4.78, 5) is 14.2. The van der Waals surface area contributed by atoms with E-state index in [4.69, 9.17) is 4.74 Å². The first-order valence-corrected chi connectivity index (χ1v) is 8.53. The molecule has 0 saturated heterocycles. The van der Waals surface area contributed by atoms with Crippen molar-refractivity contribution in [2.75, 3.05) is 20.6 Å². The van der Waals surface area contributed by atoms with Crippen LogP contribution in [-0.4, -0.2) is 31.5 Å². The highest BCUT2D eigenvalue weighted by Gasteiger charge is 2.27. The first-order chi connectivity index (χ1) is 11.6. The van der Waals surface area contributed by atoms with Gasteiger partial charge < -0.3 is 9.64 Å². The van der Waals surface area contributed by atoms with Gasteiger partial charge in [-0.3, -0.25) is 4.79 Å². The fourth-order valence-electron chi connectivity index (χ4n) is 2.96. The zero-order valence-corrected chi connectivity index (χ0v) is 16.0. The Bertz CT molecular complexity index is 616. The van der Waals surface area contributed by atoms with Crippen LogP contribution in [0.2, 0.25) is 0 Å². The smallest absolute Gasteiger partial charge is 0.306 e. The predicted octanol–water partition coefficient (Wildman–Crippen LogP) is 4.52. The highest BCUT2D eigenvalue weighted by Crippen LogP contribution is 2.30. The summed E-state index contributed by atoms with van der Waals surface area (Å²) >= 11 is 0. The molecule has 25 heavy (non-hydrogen) atoms. The Morgan fingerprint density at radius 1 is 1.00 bits per heavy atom. The first-order valence-electron chi connectivity index (χ1n) is 8.53. The Kier molecular flexibility index (Phi) is 9.25. The lowest BCUT2D eigenvalue weighted by Gasteiger charge is -2.30. The molecule has 0 N–H and O–H groups in total. The molecule has 0 heterocycles. The summed E-state index contributed by atoms with van der Waals surface area (Å²) < 4.78 is 5.86. The number of halogens is 1. The Balaban J connectivity index is 0.00000312. The van der Waals surface area contributed by atoms with Gasteiger partial charge in [0.1, 0.15) is 6.10 Å². The van der Waals surface area contributed by atoms with E-state index in [1.54, 1.807) is 0 Å². The van der Waals surface area contributed by atoms with Gasteiger partial charge in [0, 0.05) is 18.9 Å². The second kappa shape index (κ2) is 10.9. The molecule has 0 saturated carbocycles. The van der Waals surface area contributed by atoms with Gasteiger partial charge in [-0.1, -0.05) is 67.6 Å². The molecule has 4 heteroatoms. The number of nitrogens with zero attached hydrogens (tertiary/aromatic N) is 1. The largest absolute Gasteiger partial charge is 0.457 e. The lowest BCUT2D eigenvalue weighted by molar-refractivity contribution is -0.152. The Morgan fingerprint density at radius 3 is 2.08 bits per heavy atom. The lowest BCUT2D eigenvalue weighted by atomic mass is 9.89. The maximum atomic E-state index is 12.0. The van der Waals surface area contributed by atoms with Crippen molar-refractivity contribution in [1.82, 2.24) is 4.90 Å². The first kappa shape index (κ1) is 21.2. The van der Waals surface area contributed by atoms with Gasteiger partial charge >= 0.3 is 5.97 Å². The SMILES string of the molecule is CCC(=O)OC(c1ccccc1)C(Cc1ccccc1)CN(C)C.Cl. The van der Waals surface area contributed by atoms with Crippen LogP contribution in [0.5, 0.6) is 0 Å². The van der Waals surface area contributed by atoms with Gasteiger partial charge in [-0.15, -0.1) is 12.4 Å². The van der Waals surface area contributed by atoms with Gasteiger partial charge in [-0.2, -0.15) is 0 Å². The van der Waals surface area contributed by atoms with Crippen LogP contribution < -0.4 is 0 Å². The van der Waals surface area contributed by atoms with Crippen molar-refractivity contribution >= 4 is 18.4 Å². The monoisotopic (exact) mass is 361 g/mol. The molecule has 0 bridgehead atoms. The molecule has 0 aliphatic heterocycles. The third kappa shape index (κ3) is 6.89.